The molecule has 17 heavy (non-hydrogen) atoms. The predicted octanol–water partition coefficient (Wildman–Crippen LogP) is 1.32. The highest BCUT2D eigenvalue weighted by Gasteiger charge is 2.22. The quantitative estimate of drug-likeness (QED) is 0.658. The van der Waals surface area contributed by atoms with Crippen molar-refractivity contribution in [1.82, 2.24) is 9.88 Å². The molecule has 0 unspecified atom stereocenters. The fourth-order valence-corrected chi connectivity index (χ4v) is 2.35. The van der Waals surface area contributed by atoms with Gasteiger partial charge in [-0.25, -0.2) is 4.99 Å². The number of hydrogen-bond donors (Lipinski definition) is 2. The van der Waals surface area contributed by atoms with Crippen LogP contribution in [0.1, 0.15) is 24.1 Å². The summed E-state index contributed by atoms with van der Waals surface area (Å²) in [6.07, 6.45) is 7.68. The van der Waals surface area contributed by atoms with Crippen molar-refractivity contribution in [3.63, 3.8) is 0 Å². The van der Waals surface area contributed by atoms with Crippen LogP contribution in [0.5, 0.6) is 0 Å². The van der Waals surface area contributed by atoms with Crippen LogP contribution in [0.2, 0.25) is 0 Å². The molecule has 88 valence electrons. The van der Waals surface area contributed by atoms with E-state index in [0.29, 0.717) is 6.04 Å². The standard InChI is InChI=1S/C13H16N4/c14-10-4-8-17(9-5-10)13-11-3-7-15-12(11)2-1-6-16-13/h2-3,6-7,10,15H,4-5,8-9,14H2. The lowest BCUT2D eigenvalue weighted by atomic mass is 10.0. The van der Waals surface area contributed by atoms with E-state index < -0.39 is 0 Å². The summed E-state index contributed by atoms with van der Waals surface area (Å²) in [5, 5.41) is 0. The van der Waals surface area contributed by atoms with E-state index >= 15 is 0 Å². The Balaban J connectivity index is 1.91. The molecule has 1 aromatic heterocycles. The zero-order valence-corrected chi connectivity index (χ0v) is 9.69. The van der Waals surface area contributed by atoms with Crippen LogP contribution in [-0.2, 0) is 0 Å². The molecular weight excluding hydrogens is 212 g/mol. The Morgan fingerprint density at radius 1 is 1.41 bits per heavy atom. The number of nitrogens with one attached hydrogen (secondary N) is 1. The minimum Gasteiger partial charge on any atom is -0.361 e. The Hall–Kier alpha value is -1.77. The van der Waals surface area contributed by atoms with Crippen molar-refractivity contribution in [3.8, 4) is 0 Å². The summed E-state index contributed by atoms with van der Waals surface area (Å²) in [5.74, 6) is 1.04. The average molecular weight is 228 g/mol. The zero-order valence-electron chi connectivity index (χ0n) is 9.69. The molecule has 4 heteroatoms. The molecule has 1 saturated heterocycles. The molecule has 0 aliphatic carbocycles. The van der Waals surface area contributed by atoms with Crippen LogP contribution in [0.3, 0.4) is 0 Å². The number of piperidine rings is 1. The van der Waals surface area contributed by atoms with Crippen molar-refractivity contribution in [1.29, 1.82) is 0 Å². The Morgan fingerprint density at radius 2 is 2.24 bits per heavy atom. The second-order valence-corrected chi connectivity index (χ2v) is 4.52. The van der Waals surface area contributed by atoms with Gasteiger partial charge in [-0.05, 0) is 18.9 Å². The van der Waals surface area contributed by atoms with E-state index in [-0.39, 0.29) is 0 Å². The highest BCUT2D eigenvalue weighted by Crippen LogP contribution is 2.18. The normalized spacial score (nSPS) is 20.1. The lowest BCUT2D eigenvalue weighted by Gasteiger charge is -2.32. The largest absolute Gasteiger partial charge is 0.361 e. The highest BCUT2D eigenvalue weighted by molar-refractivity contribution is 6.02. The van der Waals surface area contributed by atoms with Gasteiger partial charge in [-0.1, -0.05) is 5.73 Å². The molecule has 0 aromatic carbocycles. The van der Waals surface area contributed by atoms with Crippen molar-refractivity contribution < 1.29 is 0 Å². The number of nitrogens with zero attached hydrogens (tertiary/aromatic N) is 2. The lowest BCUT2D eigenvalue weighted by Crippen LogP contribution is -2.43. The van der Waals surface area contributed by atoms with Crippen LogP contribution >= 0.6 is 0 Å². The third kappa shape index (κ3) is 1.93. The third-order valence-electron chi connectivity index (χ3n) is 3.35. The summed E-state index contributed by atoms with van der Waals surface area (Å²) in [6.45, 7) is 1.97. The molecule has 0 saturated carbocycles. The summed E-state index contributed by atoms with van der Waals surface area (Å²) in [6, 6.07) is 2.41. The van der Waals surface area contributed by atoms with Crippen LogP contribution in [0.4, 0.5) is 0 Å². The number of amidine groups is 1. The fourth-order valence-electron chi connectivity index (χ4n) is 2.35. The molecular formula is C13H16N4. The molecule has 0 bridgehead atoms. The van der Waals surface area contributed by atoms with Crippen molar-refractivity contribution in [3.05, 3.63) is 35.5 Å². The molecule has 0 amide bonds. The summed E-state index contributed by atoms with van der Waals surface area (Å²) in [5.41, 5.74) is 11.2. The number of rotatable bonds is 0. The van der Waals surface area contributed by atoms with Crippen LogP contribution in [0.15, 0.2) is 29.2 Å². The molecule has 1 fully saturated rings. The van der Waals surface area contributed by atoms with Gasteiger partial charge in [-0.3, -0.25) is 0 Å². The summed E-state index contributed by atoms with van der Waals surface area (Å²) >= 11 is 0. The topological polar surface area (TPSA) is 57.4 Å². The van der Waals surface area contributed by atoms with Gasteiger partial charge in [-0.2, -0.15) is 0 Å². The summed E-state index contributed by atoms with van der Waals surface area (Å²) in [4.78, 5) is 10.0. The molecule has 2 aliphatic rings. The smallest absolute Gasteiger partial charge is 0.138 e. The van der Waals surface area contributed by atoms with E-state index in [0.717, 1.165) is 43.0 Å². The maximum Gasteiger partial charge on any atom is 0.138 e. The number of fused-ring (bicyclic) bond motifs is 1. The van der Waals surface area contributed by atoms with Gasteiger partial charge in [0.05, 0.1) is 11.9 Å². The van der Waals surface area contributed by atoms with Crippen LogP contribution < -0.4 is 5.73 Å². The number of aromatic nitrogens is 1. The third-order valence-corrected chi connectivity index (χ3v) is 3.35. The van der Waals surface area contributed by atoms with Gasteiger partial charge < -0.3 is 15.6 Å². The number of hydrogen-bond acceptors (Lipinski definition) is 3. The van der Waals surface area contributed by atoms with Gasteiger partial charge in [0.25, 0.3) is 0 Å². The van der Waals surface area contributed by atoms with Gasteiger partial charge in [-0.15, -0.1) is 0 Å². The first-order chi connectivity index (χ1) is 8.34. The van der Waals surface area contributed by atoms with Gasteiger partial charge in [0.1, 0.15) is 5.84 Å². The molecule has 0 atom stereocenters. The lowest BCUT2D eigenvalue weighted by molar-refractivity contribution is 0.314. The highest BCUT2D eigenvalue weighted by atomic mass is 15.2. The van der Waals surface area contributed by atoms with Crippen molar-refractivity contribution in [2.45, 2.75) is 18.9 Å². The monoisotopic (exact) mass is 228 g/mol. The Labute approximate surface area is 101 Å². The minimum absolute atomic E-state index is 0.344. The Bertz CT molecular complexity index is 497. The average Bonchev–Trinajstić information content (AvgIpc) is 2.71. The molecule has 0 spiro atoms. The van der Waals surface area contributed by atoms with E-state index in [1.54, 1.807) is 6.20 Å². The van der Waals surface area contributed by atoms with Gasteiger partial charge in [0.15, 0.2) is 0 Å². The van der Waals surface area contributed by atoms with Crippen molar-refractivity contribution in [2.75, 3.05) is 13.1 Å². The van der Waals surface area contributed by atoms with E-state index in [2.05, 4.69) is 26.7 Å². The number of likely N-dealkylation sites (tertiary alicyclic amines) is 1. The van der Waals surface area contributed by atoms with Gasteiger partial charge in [0, 0.05) is 37.0 Å². The molecule has 3 rings (SSSR count). The number of aromatic amines is 1. The Morgan fingerprint density at radius 3 is 3.06 bits per heavy atom. The van der Waals surface area contributed by atoms with E-state index in [9.17, 15) is 0 Å². The van der Waals surface area contributed by atoms with Crippen molar-refractivity contribution in [2.24, 2.45) is 10.7 Å². The second kappa shape index (κ2) is 4.24. The summed E-state index contributed by atoms with van der Waals surface area (Å²) in [7, 11) is 0. The van der Waals surface area contributed by atoms with Crippen LogP contribution in [0.25, 0.3) is 6.08 Å². The molecule has 2 aliphatic heterocycles. The number of aliphatic imine (C=N–C) groups is 1. The molecule has 3 heterocycles. The molecule has 1 aromatic rings. The SMILES string of the molecule is NC1CCN(C2=NC=C=Cc3[nH]ccc32)CC1. The maximum atomic E-state index is 5.93. The fraction of sp³-hybridized carbons (Fsp3) is 0.385. The van der Waals surface area contributed by atoms with E-state index in [1.807, 2.05) is 12.3 Å². The van der Waals surface area contributed by atoms with Gasteiger partial charge >= 0.3 is 0 Å². The Kier molecular flexibility index (Phi) is 2.59. The first-order valence-corrected chi connectivity index (χ1v) is 6.01. The maximum absolute atomic E-state index is 5.93. The van der Waals surface area contributed by atoms with Crippen LogP contribution in [-0.4, -0.2) is 34.9 Å². The van der Waals surface area contributed by atoms with E-state index in [1.165, 1.54) is 0 Å². The summed E-state index contributed by atoms with van der Waals surface area (Å²) < 4.78 is 0. The van der Waals surface area contributed by atoms with Crippen molar-refractivity contribution >= 4 is 11.9 Å². The minimum atomic E-state index is 0.344. The van der Waals surface area contributed by atoms with Gasteiger partial charge in [0.2, 0.25) is 0 Å². The molecule has 0 radical (unpaired) electrons. The zero-order chi connectivity index (χ0) is 11.7. The predicted molar refractivity (Wildman–Crippen MR) is 68.7 cm³/mol. The van der Waals surface area contributed by atoms with Crippen LogP contribution in [0, 0.1) is 0 Å². The van der Waals surface area contributed by atoms with E-state index in [4.69, 9.17) is 5.73 Å². The number of H-pyrrole nitrogens is 1. The molecule has 4 nitrogen and oxygen atoms in total. The first kappa shape index (κ1) is 10.4. The number of nitrogens with two attached hydrogens (primary N) is 1. The molecule has 3 N–H and O–H groups in total. The second-order valence-electron chi connectivity index (χ2n) is 4.52. The first-order valence-electron chi connectivity index (χ1n) is 6.01.